The molecular formula is C14H26O3. The summed E-state index contributed by atoms with van der Waals surface area (Å²) in [6.45, 7) is 2.66. The summed E-state index contributed by atoms with van der Waals surface area (Å²) in [5.74, 6) is -0.239. The van der Waals surface area contributed by atoms with Crippen molar-refractivity contribution in [1.29, 1.82) is 0 Å². The Morgan fingerprint density at radius 1 is 1.00 bits per heavy atom. The number of allylic oxidation sites excluding steroid dienone is 1. The van der Waals surface area contributed by atoms with Gasteiger partial charge >= 0.3 is 5.97 Å². The topological polar surface area (TPSA) is 46.5 Å². The van der Waals surface area contributed by atoms with Crippen molar-refractivity contribution in [3.63, 3.8) is 0 Å². The lowest BCUT2D eigenvalue weighted by molar-refractivity contribution is -0.137. The fourth-order valence-corrected chi connectivity index (χ4v) is 1.63. The summed E-state index contributed by atoms with van der Waals surface area (Å²) in [5, 5.41) is 8.60. The first-order valence-corrected chi connectivity index (χ1v) is 6.71. The number of carbonyl (C=O) groups excluding carboxylic acids is 1. The predicted octanol–water partition coefficient (Wildman–Crippen LogP) is 3.22. The fraction of sp³-hybridized carbons (Fsp3) is 0.786. The van der Waals surface area contributed by atoms with Gasteiger partial charge in [-0.25, -0.2) is 4.79 Å². The molecule has 0 radical (unpaired) electrons. The monoisotopic (exact) mass is 242 g/mol. The number of esters is 1. The molecule has 0 rings (SSSR count). The van der Waals surface area contributed by atoms with Crippen LogP contribution in [0.4, 0.5) is 0 Å². The van der Waals surface area contributed by atoms with Gasteiger partial charge in [-0.15, -0.1) is 0 Å². The molecule has 0 amide bonds. The van der Waals surface area contributed by atoms with Crippen molar-refractivity contribution >= 4 is 5.97 Å². The molecule has 0 fully saturated rings. The number of ether oxygens (including phenoxy) is 1. The Labute approximate surface area is 105 Å². The third-order valence-corrected chi connectivity index (χ3v) is 2.60. The highest BCUT2D eigenvalue weighted by Gasteiger charge is 1.96. The Hall–Kier alpha value is -0.830. The minimum absolute atomic E-state index is 0.239. The van der Waals surface area contributed by atoms with Gasteiger partial charge in [0.05, 0.1) is 6.61 Å². The second kappa shape index (κ2) is 13.2. The molecular weight excluding hydrogens is 216 g/mol. The van der Waals surface area contributed by atoms with E-state index in [4.69, 9.17) is 9.84 Å². The summed E-state index contributed by atoms with van der Waals surface area (Å²) in [4.78, 5) is 10.9. The molecule has 0 aromatic carbocycles. The van der Waals surface area contributed by atoms with Crippen LogP contribution in [0.15, 0.2) is 12.2 Å². The first-order valence-electron chi connectivity index (χ1n) is 6.71. The van der Waals surface area contributed by atoms with E-state index in [2.05, 4.69) is 0 Å². The van der Waals surface area contributed by atoms with E-state index >= 15 is 0 Å². The van der Waals surface area contributed by atoms with Crippen LogP contribution in [0.1, 0.15) is 58.3 Å². The van der Waals surface area contributed by atoms with E-state index < -0.39 is 0 Å². The number of rotatable bonds is 11. The minimum Gasteiger partial charge on any atom is -0.463 e. The molecule has 0 saturated heterocycles. The average molecular weight is 242 g/mol. The van der Waals surface area contributed by atoms with Gasteiger partial charge in [-0.2, -0.15) is 0 Å². The zero-order valence-electron chi connectivity index (χ0n) is 11.0. The SMILES string of the molecule is CC=CC(=O)OCCCCCCCCCCO. The highest BCUT2D eigenvalue weighted by atomic mass is 16.5. The van der Waals surface area contributed by atoms with Gasteiger partial charge in [0.25, 0.3) is 0 Å². The van der Waals surface area contributed by atoms with Crippen molar-refractivity contribution in [3.05, 3.63) is 12.2 Å². The molecule has 0 aliphatic heterocycles. The van der Waals surface area contributed by atoms with Crippen molar-refractivity contribution in [2.75, 3.05) is 13.2 Å². The third-order valence-electron chi connectivity index (χ3n) is 2.60. The number of hydrogen-bond acceptors (Lipinski definition) is 3. The molecule has 1 N–H and O–H groups in total. The van der Waals surface area contributed by atoms with Crippen molar-refractivity contribution in [2.24, 2.45) is 0 Å². The lowest BCUT2D eigenvalue weighted by Crippen LogP contribution is -2.01. The zero-order chi connectivity index (χ0) is 12.8. The van der Waals surface area contributed by atoms with Gasteiger partial charge in [-0.3, -0.25) is 0 Å². The molecule has 17 heavy (non-hydrogen) atoms. The first-order chi connectivity index (χ1) is 8.31. The molecule has 0 saturated carbocycles. The molecule has 0 aliphatic carbocycles. The second-order valence-corrected chi connectivity index (χ2v) is 4.22. The maximum absolute atomic E-state index is 10.9. The van der Waals surface area contributed by atoms with Crippen LogP contribution >= 0.6 is 0 Å². The normalized spacial score (nSPS) is 10.9. The predicted molar refractivity (Wildman–Crippen MR) is 69.8 cm³/mol. The van der Waals surface area contributed by atoms with Crippen molar-refractivity contribution in [1.82, 2.24) is 0 Å². The summed E-state index contributed by atoms with van der Waals surface area (Å²) >= 11 is 0. The molecule has 100 valence electrons. The van der Waals surface area contributed by atoms with Crippen molar-refractivity contribution in [3.8, 4) is 0 Å². The Kier molecular flexibility index (Phi) is 12.6. The van der Waals surface area contributed by atoms with Crippen molar-refractivity contribution < 1.29 is 14.6 Å². The zero-order valence-corrected chi connectivity index (χ0v) is 11.0. The van der Waals surface area contributed by atoms with E-state index in [1.165, 1.54) is 31.8 Å². The van der Waals surface area contributed by atoms with Crippen LogP contribution in [0.2, 0.25) is 0 Å². The van der Waals surface area contributed by atoms with Gasteiger partial charge in [-0.05, 0) is 19.8 Å². The highest BCUT2D eigenvalue weighted by molar-refractivity contribution is 5.81. The molecule has 0 aromatic heterocycles. The van der Waals surface area contributed by atoms with Crippen LogP contribution in [-0.4, -0.2) is 24.3 Å². The van der Waals surface area contributed by atoms with Gasteiger partial charge in [0, 0.05) is 12.7 Å². The van der Waals surface area contributed by atoms with Crippen LogP contribution in [-0.2, 0) is 9.53 Å². The van der Waals surface area contributed by atoms with Gasteiger partial charge in [0.15, 0.2) is 0 Å². The number of hydrogen-bond donors (Lipinski definition) is 1. The van der Waals surface area contributed by atoms with Gasteiger partial charge in [0.1, 0.15) is 0 Å². The molecule has 0 unspecified atom stereocenters. The smallest absolute Gasteiger partial charge is 0.330 e. The maximum atomic E-state index is 10.9. The van der Waals surface area contributed by atoms with Gasteiger partial charge in [-0.1, -0.05) is 44.6 Å². The summed E-state index contributed by atoms with van der Waals surface area (Å²) in [5.41, 5.74) is 0. The Morgan fingerprint density at radius 3 is 2.06 bits per heavy atom. The molecule has 0 heterocycles. The Morgan fingerprint density at radius 2 is 1.53 bits per heavy atom. The van der Waals surface area contributed by atoms with E-state index in [0.29, 0.717) is 13.2 Å². The van der Waals surface area contributed by atoms with Crippen LogP contribution < -0.4 is 0 Å². The summed E-state index contributed by atoms with van der Waals surface area (Å²) in [6, 6.07) is 0. The fourth-order valence-electron chi connectivity index (χ4n) is 1.63. The summed E-state index contributed by atoms with van der Waals surface area (Å²) in [6.07, 6.45) is 12.2. The Balaban J connectivity index is 3.06. The number of aliphatic hydroxyl groups is 1. The van der Waals surface area contributed by atoms with E-state index in [-0.39, 0.29) is 5.97 Å². The van der Waals surface area contributed by atoms with Crippen LogP contribution in [0.25, 0.3) is 0 Å². The standard InChI is InChI=1S/C14H26O3/c1-2-11-14(16)17-13-10-8-6-4-3-5-7-9-12-15/h2,11,15H,3-10,12-13H2,1H3. The van der Waals surface area contributed by atoms with E-state index in [9.17, 15) is 4.79 Å². The number of unbranched alkanes of at least 4 members (excludes halogenated alkanes) is 7. The largest absolute Gasteiger partial charge is 0.463 e. The third kappa shape index (κ3) is 13.1. The highest BCUT2D eigenvalue weighted by Crippen LogP contribution is 2.08. The second-order valence-electron chi connectivity index (χ2n) is 4.22. The van der Waals surface area contributed by atoms with Crippen molar-refractivity contribution in [2.45, 2.75) is 58.3 Å². The molecule has 3 nitrogen and oxygen atoms in total. The lowest BCUT2D eigenvalue weighted by Gasteiger charge is -2.02. The molecule has 0 aliphatic rings. The van der Waals surface area contributed by atoms with Crippen LogP contribution in [0, 0.1) is 0 Å². The molecule has 0 spiro atoms. The summed E-state index contributed by atoms with van der Waals surface area (Å²) in [7, 11) is 0. The minimum atomic E-state index is -0.239. The molecule has 0 atom stereocenters. The van der Waals surface area contributed by atoms with E-state index in [0.717, 1.165) is 25.7 Å². The summed E-state index contributed by atoms with van der Waals surface area (Å²) < 4.78 is 4.99. The van der Waals surface area contributed by atoms with E-state index in [1.807, 2.05) is 0 Å². The molecule has 0 aromatic rings. The lowest BCUT2D eigenvalue weighted by atomic mass is 10.1. The quantitative estimate of drug-likeness (QED) is 0.344. The molecule has 0 bridgehead atoms. The Bertz CT molecular complexity index is 200. The van der Waals surface area contributed by atoms with E-state index in [1.54, 1.807) is 13.0 Å². The molecule has 3 heteroatoms. The number of carbonyl (C=O) groups is 1. The number of aliphatic hydroxyl groups excluding tert-OH is 1. The first kappa shape index (κ1) is 16.2. The van der Waals surface area contributed by atoms with Gasteiger partial charge in [0.2, 0.25) is 0 Å². The van der Waals surface area contributed by atoms with Crippen LogP contribution in [0.3, 0.4) is 0 Å². The maximum Gasteiger partial charge on any atom is 0.330 e. The van der Waals surface area contributed by atoms with Gasteiger partial charge < -0.3 is 9.84 Å². The average Bonchev–Trinajstić information content (AvgIpc) is 2.32. The van der Waals surface area contributed by atoms with Crippen LogP contribution in [0.5, 0.6) is 0 Å².